The van der Waals surface area contributed by atoms with E-state index >= 15 is 0 Å². The van der Waals surface area contributed by atoms with Crippen molar-refractivity contribution < 1.29 is 18.0 Å². The minimum Gasteiger partial charge on any atom is -0.357 e. The smallest absolute Gasteiger partial charge is 0.242 e. The van der Waals surface area contributed by atoms with Crippen molar-refractivity contribution in [1.29, 1.82) is 0 Å². The molecule has 0 heterocycles. The topological polar surface area (TPSA) is 86.8 Å². The summed E-state index contributed by atoms with van der Waals surface area (Å²) in [5.41, 5.74) is 1.66. The Balaban J connectivity index is 2.39. The number of nitrogens with one attached hydrogen (secondary N) is 1. The SMILES string of the molecule is CNC(=O)C(Cc1ccccc1)N(Cc1ccc(Cl)cc1)C(=O)CN(C)S(C)(=O)=O. The maximum absolute atomic E-state index is 13.1. The Hall–Kier alpha value is -2.42. The molecule has 30 heavy (non-hydrogen) atoms. The molecule has 2 amide bonds. The van der Waals surface area contributed by atoms with Gasteiger partial charge in [-0.25, -0.2) is 8.42 Å². The van der Waals surface area contributed by atoms with E-state index < -0.39 is 22.0 Å². The lowest BCUT2D eigenvalue weighted by Gasteiger charge is -2.32. The standard InChI is InChI=1S/C21H26ClN3O4S/c1-23-21(27)19(13-16-7-5-4-6-8-16)25(14-17-9-11-18(22)12-10-17)20(26)15-24(2)30(3,28)29/h4-12,19H,13-15H2,1-3H3,(H,23,27). The van der Waals surface area contributed by atoms with Crippen molar-refractivity contribution in [2.75, 3.05) is 26.9 Å². The molecule has 1 atom stereocenters. The Morgan fingerprint density at radius 2 is 1.63 bits per heavy atom. The molecule has 2 aromatic carbocycles. The summed E-state index contributed by atoms with van der Waals surface area (Å²) in [6.07, 6.45) is 1.33. The van der Waals surface area contributed by atoms with Gasteiger partial charge in [-0.3, -0.25) is 9.59 Å². The molecule has 7 nitrogen and oxygen atoms in total. The summed E-state index contributed by atoms with van der Waals surface area (Å²) in [7, 11) is -0.711. The van der Waals surface area contributed by atoms with Crippen LogP contribution in [-0.4, -0.2) is 62.4 Å². The van der Waals surface area contributed by atoms with Gasteiger partial charge in [0.2, 0.25) is 21.8 Å². The number of likely N-dealkylation sites (N-methyl/N-ethyl adjacent to an activating group) is 2. The molecule has 2 rings (SSSR count). The maximum Gasteiger partial charge on any atom is 0.242 e. The number of hydrogen-bond donors (Lipinski definition) is 1. The van der Waals surface area contributed by atoms with E-state index in [1.165, 1.54) is 19.0 Å². The van der Waals surface area contributed by atoms with Gasteiger partial charge in [0.1, 0.15) is 6.04 Å². The fraction of sp³-hybridized carbons (Fsp3) is 0.333. The first-order valence-corrected chi connectivity index (χ1v) is 11.5. The van der Waals surface area contributed by atoms with Crippen LogP contribution in [0.25, 0.3) is 0 Å². The fourth-order valence-corrected chi connectivity index (χ4v) is 3.38. The Labute approximate surface area is 182 Å². The highest BCUT2D eigenvalue weighted by Crippen LogP contribution is 2.17. The summed E-state index contributed by atoms with van der Waals surface area (Å²) >= 11 is 5.95. The average molecular weight is 452 g/mol. The van der Waals surface area contributed by atoms with Crippen molar-refractivity contribution in [1.82, 2.24) is 14.5 Å². The van der Waals surface area contributed by atoms with E-state index in [1.807, 2.05) is 30.3 Å². The summed E-state index contributed by atoms with van der Waals surface area (Å²) in [6.45, 7) is -0.229. The molecule has 0 spiro atoms. The van der Waals surface area contributed by atoms with Gasteiger partial charge < -0.3 is 10.2 Å². The summed E-state index contributed by atoms with van der Waals surface area (Å²) < 4.78 is 24.6. The Kier molecular flexibility index (Phi) is 8.40. The van der Waals surface area contributed by atoms with E-state index in [4.69, 9.17) is 11.6 Å². The van der Waals surface area contributed by atoms with Crippen molar-refractivity contribution >= 4 is 33.4 Å². The van der Waals surface area contributed by atoms with E-state index in [0.717, 1.165) is 21.7 Å². The number of carbonyl (C=O) groups is 2. The van der Waals surface area contributed by atoms with Crippen LogP contribution < -0.4 is 5.32 Å². The van der Waals surface area contributed by atoms with Crippen LogP contribution in [0.15, 0.2) is 54.6 Å². The number of rotatable bonds is 9. The molecule has 0 saturated carbocycles. The highest BCUT2D eigenvalue weighted by atomic mass is 35.5. The number of halogens is 1. The third-order valence-electron chi connectivity index (χ3n) is 4.71. The minimum absolute atomic E-state index is 0.137. The predicted molar refractivity (Wildman–Crippen MR) is 117 cm³/mol. The van der Waals surface area contributed by atoms with Crippen LogP contribution in [-0.2, 0) is 32.6 Å². The van der Waals surface area contributed by atoms with Crippen LogP contribution in [0.1, 0.15) is 11.1 Å². The van der Waals surface area contributed by atoms with Gasteiger partial charge in [0, 0.05) is 32.1 Å². The maximum atomic E-state index is 13.1. The second-order valence-electron chi connectivity index (χ2n) is 6.99. The normalized spacial score (nSPS) is 12.4. The summed E-state index contributed by atoms with van der Waals surface area (Å²) in [6, 6.07) is 15.5. The first-order valence-electron chi connectivity index (χ1n) is 9.32. The van der Waals surface area contributed by atoms with Crippen LogP contribution in [0.2, 0.25) is 5.02 Å². The lowest BCUT2D eigenvalue weighted by atomic mass is 10.0. The van der Waals surface area contributed by atoms with Crippen molar-refractivity contribution in [3.05, 3.63) is 70.7 Å². The van der Waals surface area contributed by atoms with Gasteiger partial charge in [0.25, 0.3) is 0 Å². The van der Waals surface area contributed by atoms with E-state index in [2.05, 4.69) is 5.32 Å². The zero-order chi connectivity index (χ0) is 22.3. The summed E-state index contributed by atoms with van der Waals surface area (Å²) in [4.78, 5) is 27.3. The first kappa shape index (κ1) is 23.9. The molecule has 0 aliphatic heterocycles. The lowest BCUT2D eigenvalue weighted by molar-refractivity contribution is -0.141. The second-order valence-corrected chi connectivity index (χ2v) is 9.51. The summed E-state index contributed by atoms with van der Waals surface area (Å²) in [5.74, 6) is -0.800. The Bertz CT molecular complexity index is 966. The van der Waals surface area contributed by atoms with Crippen molar-refractivity contribution in [3.8, 4) is 0 Å². The van der Waals surface area contributed by atoms with Crippen molar-refractivity contribution in [3.63, 3.8) is 0 Å². The number of hydrogen-bond acceptors (Lipinski definition) is 4. The van der Waals surface area contributed by atoms with Crippen LogP contribution >= 0.6 is 11.6 Å². The molecule has 9 heteroatoms. The van der Waals surface area contributed by atoms with E-state index in [-0.39, 0.29) is 19.0 Å². The molecule has 1 unspecified atom stereocenters. The number of sulfonamides is 1. The second kappa shape index (κ2) is 10.6. The molecule has 2 aromatic rings. The van der Waals surface area contributed by atoms with Gasteiger partial charge >= 0.3 is 0 Å². The molecule has 0 aliphatic carbocycles. The van der Waals surface area contributed by atoms with E-state index in [0.29, 0.717) is 11.4 Å². The van der Waals surface area contributed by atoms with Crippen molar-refractivity contribution in [2.45, 2.75) is 19.0 Å². The number of nitrogens with zero attached hydrogens (tertiary/aromatic N) is 2. The monoisotopic (exact) mass is 451 g/mol. The van der Waals surface area contributed by atoms with Gasteiger partial charge in [-0.15, -0.1) is 0 Å². The van der Waals surface area contributed by atoms with E-state index in [9.17, 15) is 18.0 Å². The average Bonchev–Trinajstić information content (AvgIpc) is 2.71. The minimum atomic E-state index is -3.55. The van der Waals surface area contributed by atoms with Crippen LogP contribution in [0.4, 0.5) is 0 Å². The molecule has 0 radical (unpaired) electrons. The Morgan fingerprint density at radius 1 is 1.03 bits per heavy atom. The molecule has 0 fully saturated rings. The molecule has 0 bridgehead atoms. The van der Waals surface area contributed by atoms with Crippen LogP contribution in [0.3, 0.4) is 0 Å². The lowest BCUT2D eigenvalue weighted by Crippen LogP contribution is -2.52. The number of carbonyl (C=O) groups excluding carboxylic acids is 2. The van der Waals surface area contributed by atoms with Crippen LogP contribution in [0.5, 0.6) is 0 Å². The van der Waals surface area contributed by atoms with Crippen molar-refractivity contribution in [2.24, 2.45) is 0 Å². The van der Waals surface area contributed by atoms with Gasteiger partial charge in [0.15, 0.2) is 0 Å². The molecule has 1 N–H and O–H groups in total. The van der Waals surface area contributed by atoms with Gasteiger partial charge in [-0.05, 0) is 23.3 Å². The largest absolute Gasteiger partial charge is 0.357 e. The van der Waals surface area contributed by atoms with E-state index in [1.54, 1.807) is 24.3 Å². The fourth-order valence-electron chi connectivity index (χ4n) is 2.91. The molecule has 0 aromatic heterocycles. The highest BCUT2D eigenvalue weighted by Gasteiger charge is 2.31. The molecular weight excluding hydrogens is 426 g/mol. The van der Waals surface area contributed by atoms with Gasteiger partial charge in [0.05, 0.1) is 12.8 Å². The number of amides is 2. The highest BCUT2D eigenvalue weighted by molar-refractivity contribution is 7.88. The number of benzene rings is 2. The Morgan fingerprint density at radius 3 is 2.17 bits per heavy atom. The molecule has 162 valence electrons. The molecule has 0 aliphatic rings. The predicted octanol–water partition coefficient (Wildman–Crippen LogP) is 1.92. The van der Waals surface area contributed by atoms with Crippen LogP contribution in [0, 0.1) is 0 Å². The van der Waals surface area contributed by atoms with Gasteiger partial charge in [-0.2, -0.15) is 4.31 Å². The molecule has 0 saturated heterocycles. The first-order chi connectivity index (χ1) is 14.1. The zero-order valence-corrected chi connectivity index (χ0v) is 18.8. The third-order valence-corrected chi connectivity index (χ3v) is 6.22. The zero-order valence-electron chi connectivity index (χ0n) is 17.2. The van der Waals surface area contributed by atoms with Gasteiger partial charge in [-0.1, -0.05) is 54.1 Å². The summed E-state index contributed by atoms with van der Waals surface area (Å²) in [5, 5.41) is 3.17. The quantitative estimate of drug-likeness (QED) is 0.631. The molecular formula is C21H26ClN3O4S. The third kappa shape index (κ3) is 6.83.